The smallest absolute Gasteiger partial charge is 0.149 e. The molecule has 1 unspecified atom stereocenters. The van der Waals surface area contributed by atoms with Gasteiger partial charge in [-0.25, -0.2) is 8.78 Å². The number of rotatable bonds is 4. The number of hydrogen-bond acceptors (Lipinski definition) is 1. The van der Waals surface area contributed by atoms with Crippen molar-refractivity contribution >= 4 is 21.6 Å². The molecular weight excluding hydrogens is 312 g/mol. The van der Waals surface area contributed by atoms with Crippen LogP contribution >= 0.6 is 15.9 Å². The zero-order chi connectivity index (χ0) is 13.8. The van der Waals surface area contributed by atoms with Crippen molar-refractivity contribution < 1.29 is 8.78 Å². The molecule has 4 heteroatoms. The van der Waals surface area contributed by atoms with Crippen molar-refractivity contribution in [1.29, 1.82) is 0 Å². The van der Waals surface area contributed by atoms with Gasteiger partial charge in [-0.2, -0.15) is 0 Å². The molecular formula is C15H14BrF2N. The van der Waals surface area contributed by atoms with Crippen molar-refractivity contribution in [2.75, 3.05) is 5.32 Å². The molecule has 100 valence electrons. The van der Waals surface area contributed by atoms with Crippen LogP contribution < -0.4 is 5.32 Å². The topological polar surface area (TPSA) is 12.0 Å². The Morgan fingerprint density at radius 2 is 1.79 bits per heavy atom. The number of nitrogens with one attached hydrogen (secondary N) is 1. The van der Waals surface area contributed by atoms with E-state index in [1.807, 2.05) is 37.3 Å². The zero-order valence-electron chi connectivity index (χ0n) is 10.5. The van der Waals surface area contributed by atoms with Crippen LogP contribution in [0.15, 0.2) is 46.9 Å². The van der Waals surface area contributed by atoms with Crippen molar-refractivity contribution in [1.82, 2.24) is 0 Å². The predicted molar refractivity (Wildman–Crippen MR) is 77.2 cm³/mol. The summed E-state index contributed by atoms with van der Waals surface area (Å²) in [5.41, 5.74) is 1.37. The second kappa shape index (κ2) is 6.15. The van der Waals surface area contributed by atoms with Crippen LogP contribution in [-0.4, -0.2) is 0 Å². The van der Waals surface area contributed by atoms with E-state index in [1.54, 1.807) is 0 Å². The first-order valence-corrected chi connectivity index (χ1v) is 6.87. The van der Waals surface area contributed by atoms with E-state index >= 15 is 0 Å². The van der Waals surface area contributed by atoms with E-state index < -0.39 is 11.6 Å². The quantitative estimate of drug-likeness (QED) is 0.753. The normalized spacial score (nSPS) is 12.2. The second-order valence-electron chi connectivity index (χ2n) is 4.26. The molecule has 0 aliphatic rings. The summed E-state index contributed by atoms with van der Waals surface area (Å²) < 4.78 is 27.2. The first-order chi connectivity index (χ1) is 9.11. The molecule has 0 heterocycles. The third kappa shape index (κ3) is 3.32. The van der Waals surface area contributed by atoms with Crippen molar-refractivity contribution in [2.45, 2.75) is 19.4 Å². The minimum atomic E-state index is -0.601. The summed E-state index contributed by atoms with van der Waals surface area (Å²) in [6.07, 6.45) is 0.804. The number of benzene rings is 2. The minimum absolute atomic E-state index is 0.00642. The monoisotopic (exact) mass is 325 g/mol. The van der Waals surface area contributed by atoms with E-state index in [1.165, 1.54) is 6.07 Å². The summed E-state index contributed by atoms with van der Waals surface area (Å²) in [5, 5.41) is 3.11. The van der Waals surface area contributed by atoms with Gasteiger partial charge in [0.15, 0.2) is 0 Å². The van der Waals surface area contributed by atoms with Crippen LogP contribution in [0.5, 0.6) is 0 Å². The van der Waals surface area contributed by atoms with Gasteiger partial charge in [0.05, 0.1) is 16.2 Å². The summed E-state index contributed by atoms with van der Waals surface area (Å²) >= 11 is 3.07. The maximum atomic E-state index is 13.7. The molecule has 0 amide bonds. The average molecular weight is 326 g/mol. The molecule has 0 aliphatic carbocycles. The first kappa shape index (κ1) is 14.0. The fourth-order valence-corrected chi connectivity index (χ4v) is 2.27. The van der Waals surface area contributed by atoms with Crippen molar-refractivity contribution in [3.8, 4) is 0 Å². The van der Waals surface area contributed by atoms with E-state index in [-0.39, 0.29) is 10.5 Å². The molecule has 2 aromatic rings. The Balaban J connectivity index is 2.26. The van der Waals surface area contributed by atoms with Gasteiger partial charge < -0.3 is 5.32 Å². The van der Waals surface area contributed by atoms with E-state index in [9.17, 15) is 8.78 Å². The zero-order valence-corrected chi connectivity index (χ0v) is 12.0. The molecule has 2 aromatic carbocycles. The molecule has 0 bridgehead atoms. The molecule has 0 saturated heterocycles. The van der Waals surface area contributed by atoms with Gasteiger partial charge in [-0.1, -0.05) is 37.3 Å². The van der Waals surface area contributed by atoms with Crippen LogP contribution in [0, 0.1) is 11.6 Å². The molecule has 1 nitrogen and oxygen atoms in total. The lowest BCUT2D eigenvalue weighted by Crippen LogP contribution is -2.11. The predicted octanol–water partition coefficient (Wildman–Crippen LogP) is 5.29. The molecule has 0 aromatic heterocycles. The average Bonchev–Trinajstić information content (AvgIpc) is 2.42. The van der Waals surface area contributed by atoms with Gasteiger partial charge in [-0.3, -0.25) is 0 Å². The first-order valence-electron chi connectivity index (χ1n) is 6.08. The maximum absolute atomic E-state index is 13.7. The van der Waals surface area contributed by atoms with E-state index in [4.69, 9.17) is 0 Å². The summed E-state index contributed by atoms with van der Waals surface area (Å²) in [5.74, 6) is -1.19. The van der Waals surface area contributed by atoms with Crippen molar-refractivity contribution in [3.05, 3.63) is 64.1 Å². The molecule has 1 atom stereocenters. The third-order valence-electron chi connectivity index (χ3n) is 2.95. The lowest BCUT2D eigenvalue weighted by atomic mass is 10.0. The Kier molecular flexibility index (Phi) is 4.53. The van der Waals surface area contributed by atoms with Gasteiger partial charge in [0.25, 0.3) is 0 Å². The molecule has 0 saturated carbocycles. The van der Waals surface area contributed by atoms with Gasteiger partial charge in [-0.05, 0) is 34.0 Å². The Hall–Kier alpha value is -1.42. The van der Waals surface area contributed by atoms with Gasteiger partial charge in [0.2, 0.25) is 0 Å². The third-order valence-corrected chi connectivity index (χ3v) is 3.56. The molecule has 2 rings (SSSR count). The highest BCUT2D eigenvalue weighted by molar-refractivity contribution is 9.10. The maximum Gasteiger partial charge on any atom is 0.149 e. The Bertz CT molecular complexity index is 558. The Morgan fingerprint density at radius 1 is 1.11 bits per heavy atom. The minimum Gasteiger partial charge on any atom is -0.376 e. The molecule has 0 aliphatic heterocycles. The largest absolute Gasteiger partial charge is 0.376 e. The van der Waals surface area contributed by atoms with Crippen LogP contribution in [0.2, 0.25) is 0 Å². The Labute approximate surface area is 119 Å². The number of anilines is 1. The van der Waals surface area contributed by atoms with Crippen molar-refractivity contribution in [2.24, 2.45) is 0 Å². The SMILES string of the molecule is CCC(Nc1cc(Br)c(F)cc1F)c1ccccc1. The summed E-state index contributed by atoms with van der Waals surface area (Å²) in [6.45, 7) is 2.02. The van der Waals surface area contributed by atoms with E-state index in [0.717, 1.165) is 18.1 Å². The van der Waals surface area contributed by atoms with Crippen LogP contribution in [0.1, 0.15) is 24.9 Å². The number of hydrogen-bond donors (Lipinski definition) is 1. The van der Waals surface area contributed by atoms with Gasteiger partial charge in [0.1, 0.15) is 11.6 Å². The highest BCUT2D eigenvalue weighted by Crippen LogP contribution is 2.28. The summed E-state index contributed by atoms with van der Waals surface area (Å²) in [4.78, 5) is 0. The molecule has 0 radical (unpaired) electrons. The second-order valence-corrected chi connectivity index (χ2v) is 5.12. The van der Waals surface area contributed by atoms with Crippen LogP contribution in [0.3, 0.4) is 0 Å². The van der Waals surface area contributed by atoms with Crippen LogP contribution in [0.25, 0.3) is 0 Å². The summed E-state index contributed by atoms with van der Waals surface area (Å²) in [6, 6.07) is 12.1. The summed E-state index contributed by atoms with van der Waals surface area (Å²) in [7, 11) is 0. The fourth-order valence-electron chi connectivity index (χ4n) is 1.93. The number of halogens is 3. The lowest BCUT2D eigenvalue weighted by molar-refractivity contribution is 0.578. The van der Waals surface area contributed by atoms with E-state index in [2.05, 4.69) is 21.2 Å². The molecule has 0 fully saturated rings. The van der Waals surface area contributed by atoms with Gasteiger partial charge in [-0.15, -0.1) is 0 Å². The van der Waals surface area contributed by atoms with Gasteiger partial charge in [0, 0.05) is 6.07 Å². The fraction of sp³-hybridized carbons (Fsp3) is 0.200. The molecule has 1 N–H and O–H groups in total. The van der Waals surface area contributed by atoms with Crippen molar-refractivity contribution in [3.63, 3.8) is 0 Å². The molecule has 0 spiro atoms. The van der Waals surface area contributed by atoms with E-state index in [0.29, 0.717) is 5.69 Å². The van der Waals surface area contributed by atoms with Gasteiger partial charge >= 0.3 is 0 Å². The highest BCUT2D eigenvalue weighted by atomic mass is 79.9. The van der Waals surface area contributed by atoms with Crippen LogP contribution in [0.4, 0.5) is 14.5 Å². The highest BCUT2D eigenvalue weighted by Gasteiger charge is 2.13. The van der Waals surface area contributed by atoms with Crippen LogP contribution in [-0.2, 0) is 0 Å². The standard InChI is InChI=1S/C15H14BrF2N/c1-2-14(10-6-4-3-5-7-10)19-15-8-11(16)12(17)9-13(15)18/h3-9,14,19H,2H2,1H3. The Morgan fingerprint density at radius 3 is 2.42 bits per heavy atom. The lowest BCUT2D eigenvalue weighted by Gasteiger charge is -2.19. The molecule has 19 heavy (non-hydrogen) atoms.